The van der Waals surface area contributed by atoms with Crippen molar-refractivity contribution in [3.8, 4) is 0 Å². The van der Waals surface area contributed by atoms with Gasteiger partial charge in [-0.25, -0.2) is 0 Å². The van der Waals surface area contributed by atoms with E-state index in [0.29, 0.717) is 5.41 Å². The quantitative estimate of drug-likeness (QED) is 0.741. The maximum absolute atomic E-state index is 5.85. The third-order valence-corrected chi connectivity index (χ3v) is 4.45. The van der Waals surface area contributed by atoms with Crippen LogP contribution < -0.4 is 5.73 Å². The summed E-state index contributed by atoms with van der Waals surface area (Å²) in [5, 5.41) is 0. The van der Waals surface area contributed by atoms with E-state index >= 15 is 0 Å². The molecule has 13 heavy (non-hydrogen) atoms. The Morgan fingerprint density at radius 1 is 1.23 bits per heavy atom. The van der Waals surface area contributed by atoms with Crippen LogP contribution in [0.2, 0.25) is 0 Å². The molecule has 0 unspecified atom stereocenters. The monoisotopic (exact) mass is 200 g/mol. The van der Waals surface area contributed by atoms with Crippen LogP contribution in [-0.4, -0.2) is 42.6 Å². The van der Waals surface area contributed by atoms with Crippen molar-refractivity contribution < 1.29 is 0 Å². The summed E-state index contributed by atoms with van der Waals surface area (Å²) in [6, 6.07) is 0. The molecule has 1 aliphatic carbocycles. The highest BCUT2D eigenvalue weighted by Gasteiger charge is 2.37. The standard InChI is InChI=1S/C10H20N2S/c11-8-10(2-1-3-10)9-12-4-6-13-7-5-12/h1-9,11H2. The van der Waals surface area contributed by atoms with Crippen molar-refractivity contribution in [1.29, 1.82) is 0 Å². The molecule has 0 aromatic heterocycles. The average molecular weight is 200 g/mol. The van der Waals surface area contributed by atoms with Crippen LogP contribution in [0.3, 0.4) is 0 Å². The molecular weight excluding hydrogens is 180 g/mol. The zero-order valence-corrected chi connectivity index (χ0v) is 9.11. The highest BCUT2D eigenvalue weighted by Crippen LogP contribution is 2.40. The second-order valence-electron chi connectivity index (χ2n) is 4.45. The summed E-state index contributed by atoms with van der Waals surface area (Å²) in [7, 11) is 0. The van der Waals surface area contributed by atoms with Gasteiger partial charge in [-0.3, -0.25) is 0 Å². The van der Waals surface area contributed by atoms with Crippen LogP contribution in [0.1, 0.15) is 19.3 Å². The lowest BCUT2D eigenvalue weighted by Crippen LogP contribution is -2.49. The summed E-state index contributed by atoms with van der Waals surface area (Å²) in [5.74, 6) is 2.64. The Morgan fingerprint density at radius 3 is 2.38 bits per heavy atom. The molecule has 0 aromatic rings. The van der Waals surface area contributed by atoms with E-state index in [4.69, 9.17) is 5.73 Å². The third kappa shape index (κ3) is 2.20. The fourth-order valence-corrected chi connectivity index (χ4v) is 3.32. The Balaban J connectivity index is 1.81. The largest absolute Gasteiger partial charge is 0.330 e. The van der Waals surface area contributed by atoms with Crippen LogP contribution in [0.25, 0.3) is 0 Å². The number of hydrogen-bond donors (Lipinski definition) is 1. The molecule has 2 N–H and O–H groups in total. The van der Waals surface area contributed by atoms with Gasteiger partial charge in [-0.05, 0) is 24.8 Å². The van der Waals surface area contributed by atoms with Crippen molar-refractivity contribution in [3.63, 3.8) is 0 Å². The molecule has 2 aliphatic rings. The molecule has 0 bridgehead atoms. The van der Waals surface area contributed by atoms with Gasteiger partial charge in [0.15, 0.2) is 0 Å². The smallest absolute Gasteiger partial charge is 0.00729 e. The van der Waals surface area contributed by atoms with Gasteiger partial charge < -0.3 is 10.6 Å². The third-order valence-electron chi connectivity index (χ3n) is 3.51. The summed E-state index contributed by atoms with van der Waals surface area (Å²) < 4.78 is 0. The molecule has 0 atom stereocenters. The molecule has 1 saturated heterocycles. The van der Waals surface area contributed by atoms with Gasteiger partial charge in [0.05, 0.1) is 0 Å². The van der Waals surface area contributed by atoms with E-state index in [-0.39, 0.29) is 0 Å². The predicted octanol–water partition coefficient (Wildman–Crippen LogP) is 1.16. The molecular formula is C10H20N2S. The topological polar surface area (TPSA) is 29.3 Å². The summed E-state index contributed by atoms with van der Waals surface area (Å²) in [5.41, 5.74) is 6.37. The second-order valence-corrected chi connectivity index (χ2v) is 5.67. The normalized spacial score (nSPS) is 28.4. The van der Waals surface area contributed by atoms with Crippen LogP contribution in [0.4, 0.5) is 0 Å². The maximum atomic E-state index is 5.85. The van der Waals surface area contributed by atoms with Crippen LogP contribution >= 0.6 is 11.8 Å². The van der Waals surface area contributed by atoms with Gasteiger partial charge in [0.25, 0.3) is 0 Å². The lowest BCUT2D eigenvalue weighted by Gasteiger charge is -2.45. The summed E-state index contributed by atoms with van der Waals surface area (Å²) in [6.07, 6.45) is 4.14. The number of thioether (sulfide) groups is 1. The first-order valence-electron chi connectivity index (χ1n) is 5.35. The first-order chi connectivity index (χ1) is 6.35. The number of rotatable bonds is 3. The first-order valence-corrected chi connectivity index (χ1v) is 6.50. The van der Waals surface area contributed by atoms with E-state index in [1.165, 1.54) is 50.4 Å². The van der Waals surface area contributed by atoms with E-state index in [1.54, 1.807) is 0 Å². The molecule has 76 valence electrons. The molecule has 1 heterocycles. The molecule has 0 spiro atoms. The van der Waals surface area contributed by atoms with Gasteiger partial charge in [-0.15, -0.1) is 0 Å². The molecule has 2 nitrogen and oxygen atoms in total. The molecule has 1 saturated carbocycles. The molecule has 0 radical (unpaired) electrons. The highest BCUT2D eigenvalue weighted by atomic mass is 32.2. The SMILES string of the molecule is NCC1(CN2CCSCC2)CCC1. The van der Waals surface area contributed by atoms with Crippen molar-refractivity contribution in [1.82, 2.24) is 4.90 Å². The molecule has 1 aliphatic heterocycles. The number of nitrogens with zero attached hydrogens (tertiary/aromatic N) is 1. The van der Waals surface area contributed by atoms with E-state index in [9.17, 15) is 0 Å². The van der Waals surface area contributed by atoms with E-state index in [2.05, 4.69) is 16.7 Å². The minimum atomic E-state index is 0.516. The minimum Gasteiger partial charge on any atom is -0.330 e. The summed E-state index contributed by atoms with van der Waals surface area (Å²) in [6.45, 7) is 4.74. The number of hydrogen-bond acceptors (Lipinski definition) is 3. The van der Waals surface area contributed by atoms with Crippen molar-refractivity contribution in [2.24, 2.45) is 11.1 Å². The molecule has 3 heteroatoms. The van der Waals surface area contributed by atoms with Gasteiger partial charge in [0.2, 0.25) is 0 Å². The first kappa shape index (κ1) is 9.81. The van der Waals surface area contributed by atoms with Gasteiger partial charge in [0.1, 0.15) is 0 Å². The number of nitrogens with two attached hydrogens (primary N) is 1. The Bertz CT molecular complexity index is 157. The van der Waals surface area contributed by atoms with Crippen molar-refractivity contribution in [2.45, 2.75) is 19.3 Å². The zero-order chi connectivity index (χ0) is 9.15. The highest BCUT2D eigenvalue weighted by molar-refractivity contribution is 7.99. The van der Waals surface area contributed by atoms with Crippen LogP contribution in [0.5, 0.6) is 0 Å². The van der Waals surface area contributed by atoms with Crippen LogP contribution in [0, 0.1) is 5.41 Å². The molecule has 2 fully saturated rings. The lowest BCUT2D eigenvalue weighted by atomic mass is 9.68. The molecule has 2 rings (SSSR count). The maximum Gasteiger partial charge on any atom is 0.00729 e. The summed E-state index contributed by atoms with van der Waals surface area (Å²) >= 11 is 2.08. The molecule has 0 aromatic carbocycles. The Labute approximate surface area is 85.2 Å². The fourth-order valence-electron chi connectivity index (χ4n) is 2.34. The van der Waals surface area contributed by atoms with Gasteiger partial charge in [-0.1, -0.05) is 6.42 Å². The Hall–Kier alpha value is 0.270. The van der Waals surface area contributed by atoms with Crippen molar-refractivity contribution in [2.75, 3.05) is 37.7 Å². The lowest BCUT2D eigenvalue weighted by molar-refractivity contribution is 0.0800. The van der Waals surface area contributed by atoms with Crippen LogP contribution in [0.15, 0.2) is 0 Å². The summed E-state index contributed by atoms with van der Waals surface area (Å²) in [4.78, 5) is 2.61. The van der Waals surface area contributed by atoms with Crippen molar-refractivity contribution in [3.05, 3.63) is 0 Å². The second kappa shape index (κ2) is 4.20. The van der Waals surface area contributed by atoms with Crippen LogP contribution in [-0.2, 0) is 0 Å². The predicted molar refractivity (Wildman–Crippen MR) is 59.1 cm³/mol. The van der Waals surface area contributed by atoms with E-state index < -0.39 is 0 Å². The fraction of sp³-hybridized carbons (Fsp3) is 1.00. The van der Waals surface area contributed by atoms with Crippen molar-refractivity contribution >= 4 is 11.8 Å². The van der Waals surface area contributed by atoms with E-state index in [0.717, 1.165) is 6.54 Å². The Kier molecular flexibility index (Phi) is 3.17. The average Bonchev–Trinajstić information content (AvgIpc) is 2.13. The van der Waals surface area contributed by atoms with Gasteiger partial charge in [0, 0.05) is 31.1 Å². The van der Waals surface area contributed by atoms with E-state index in [1.807, 2.05) is 0 Å². The minimum absolute atomic E-state index is 0.516. The Morgan fingerprint density at radius 2 is 1.92 bits per heavy atom. The zero-order valence-electron chi connectivity index (χ0n) is 8.30. The molecule has 0 amide bonds. The van der Waals surface area contributed by atoms with Gasteiger partial charge in [-0.2, -0.15) is 11.8 Å². The van der Waals surface area contributed by atoms with Gasteiger partial charge >= 0.3 is 0 Å².